The lowest BCUT2D eigenvalue weighted by Crippen LogP contribution is -2.49. The van der Waals surface area contributed by atoms with Crippen molar-refractivity contribution in [3.8, 4) is 0 Å². The maximum Gasteiger partial charge on any atom is 0.323 e. The number of rotatable bonds is 5. The first-order valence-corrected chi connectivity index (χ1v) is 5.41. The van der Waals surface area contributed by atoms with E-state index in [1.165, 1.54) is 0 Å². The van der Waals surface area contributed by atoms with Gasteiger partial charge in [0.15, 0.2) is 0 Å². The second-order valence-electron chi connectivity index (χ2n) is 4.39. The lowest BCUT2D eigenvalue weighted by atomic mass is 10.0. The number of carboxylic acids is 1. The van der Waals surface area contributed by atoms with Crippen LogP contribution in [0.2, 0.25) is 0 Å². The van der Waals surface area contributed by atoms with Crippen LogP contribution in [0.5, 0.6) is 0 Å². The van der Waals surface area contributed by atoms with E-state index in [4.69, 9.17) is 9.52 Å². The van der Waals surface area contributed by atoms with E-state index < -0.39 is 11.5 Å². The summed E-state index contributed by atoms with van der Waals surface area (Å²) in [6.45, 7) is 8.41. The molecule has 0 fully saturated rings. The molecule has 4 heteroatoms. The molecule has 0 aromatic carbocycles. The average molecular weight is 225 g/mol. The highest BCUT2D eigenvalue weighted by Crippen LogP contribution is 2.19. The van der Waals surface area contributed by atoms with E-state index >= 15 is 0 Å². The zero-order valence-corrected chi connectivity index (χ0v) is 10.3. The number of aliphatic carboxylic acids is 1. The van der Waals surface area contributed by atoms with Crippen molar-refractivity contribution in [2.24, 2.45) is 0 Å². The Balaban J connectivity index is 2.80. The maximum absolute atomic E-state index is 11.1. The van der Waals surface area contributed by atoms with E-state index in [0.29, 0.717) is 13.1 Å². The molecule has 16 heavy (non-hydrogen) atoms. The summed E-state index contributed by atoms with van der Waals surface area (Å²) >= 11 is 0. The summed E-state index contributed by atoms with van der Waals surface area (Å²) < 4.78 is 5.46. The number of carboxylic acid groups (broad SMARTS) is 1. The van der Waals surface area contributed by atoms with Gasteiger partial charge in [0.2, 0.25) is 0 Å². The van der Waals surface area contributed by atoms with Crippen molar-refractivity contribution in [3.63, 3.8) is 0 Å². The van der Waals surface area contributed by atoms with Crippen molar-refractivity contribution in [1.82, 2.24) is 4.90 Å². The van der Waals surface area contributed by atoms with Crippen LogP contribution in [0.25, 0.3) is 0 Å². The molecular formula is C12H19NO3. The van der Waals surface area contributed by atoms with Gasteiger partial charge in [0.1, 0.15) is 17.1 Å². The van der Waals surface area contributed by atoms with Gasteiger partial charge in [-0.1, -0.05) is 6.92 Å². The van der Waals surface area contributed by atoms with Gasteiger partial charge in [-0.15, -0.1) is 0 Å². The molecule has 0 unspecified atom stereocenters. The Kier molecular flexibility index (Phi) is 3.75. The van der Waals surface area contributed by atoms with Crippen molar-refractivity contribution < 1.29 is 14.3 Å². The molecule has 1 N–H and O–H groups in total. The summed E-state index contributed by atoms with van der Waals surface area (Å²) in [6, 6.07) is 3.77. The van der Waals surface area contributed by atoms with Crippen LogP contribution in [0.4, 0.5) is 0 Å². The van der Waals surface area contributed by atoms with Crippen LogP contribution in [0, 0.1) is 6.92 Å². The Labute approximate surface area is 95.9 Å². The molecule has 0 bridgehead atoms. The third kappa shape index (κ3) is 2.64. The van der Waals surface area contributed by atoms with E-state index in [2.05, 4.69) is 0 Å². The third-order valence-corrected chi connectivity index (χ3v) is 2.84. The summed E-state index contributed by atoms with van der Waals surface area (Å²) in [7, 11) is 0. The fraction of sp³-hybridized carbons (Fsp3) is 0.583. The highest BCUT2D eigenvalue weighted by Gasteiger charge is 2.33. The van der Waals surface area contributed by atoms with Gasteiger partial charge in [-0.3, -0.25) is 9.69 Å². The number of nitrogens with zero attached hydrogens (tertiary/aromatic N) is 1. The summed E-state index contributed by atoms with van der Waals surface area (Å²) in [4.78, 5) is 13.0. The smallest absolute Gasteiger partial charge is 0.323 e. The van der Waals surface area contributed by atoms with Gasteiger partial charge in [-0.05, 0) is 39.4 Å². The lowest BCUT2D eigenvalue weighted by molar-refractivity contribution is -0.149. The largest absolute Gasteiger partial charge is 0.480 e. The summed E-state index contributed by atoms with van der Waals surface area (Å²) in [5.74, 6) is 0.825. The predicted molar refractivity (Wildman–Crippen MR) is 61.2 cm³/mol. The molecule has 0 saturated heterocycles. The van der Waals surface area contributed by atoms with Crippen LogP contribution in [0.3, 0.4) is 0 Å². The first-order chi connectivity index (χ1) is 7.37. The normalized spacial score (nSPS) is 12.1. The number of aryl methyl sites for hydroxylation is 1. The van der Waals surface area contributed by atoms with Crippen LogP contribution in [0.1, 0.15) is 32.3 Å². The molecule has 0 radical (unpaired) electrons. The van der Waals surface area contributed by atoms with Crippen LogP contribution < -0.4 is 0 Å². The topological polar surface area (TPSA) is 53.7 Å². The van der Waals surface area contributed by atoms with Gasteiger partial charge in [-0.2, -0.15) is 0 Å². The number of likely N-dealkylation sites (N-methyl/N-ethyl adjacent to an activating group) is 1. The first-order valence-electron chi connectivity index (χ1n) is 5.41. The molecule has 0 spiro atoms. The Morgan fingerprint density at radius 1 is 1.50 bits per heavy atom. The molecule has 1 heterocycles. The molecule has 4 nitrogen and oxygen atoms in total. The lowest BCUT2D eigenvalue weighted by Gasteiger charge is -2.33. The molecule has 0 aliphatic heterocycles. The van der Waals surface area contributed by atoms with Crippen molar-refractivity contribution in [2.75, 3.05) is 6.54 Å². The second-order valence-corrected chi connectivity index (χ2v) is 4.39. The van der Waals surface area contributed by atoms with E-state index in [0.717, 1.165) is 11.5 Å². The minimum absolute atomic E-state index is 0.518. The number of hydrogen-bond acceptors (Lipinski definition) is 3. The second kappa shape index (κ2) is 4.70. The van der Waals surface area contributed by atoms with E-state index in [1.807, 2.05) is 30.9 Å². The van der Waals surface area contributed by atoms with Gasteiger partial charge in [-0.25, -0.2) is 0 Å². The Bertz CT molecular complexity index is 368. The van der Waals surface area contributed by atoms with E-state index in [9.17, 15) is 4.79 Å². The fourth-order valence-corrected chi connectivity index (χ4v) is 1.60. The Morgan fingerprint density at radius 3 is 2.50 bits per heavy atom. The van der Waals surface area contributed by atoms with Gasteiger partial charge in [0.25, 0.3) is 0 Å². The van der Waals surface area contributed by atoms with Crippen molar-refractivity contribution in [2.45, 2.75) is 39.8 Å². The minimum atomic E-state index is -0.880. The van der Waals surface area contributed by atoms with Crippen molar-refractivity contribution >= 4 is 5.97 Å². The van der Waals surface area contributed by atoms with Crippen LogP contribution in [-0.2, 0) is 11.3 Å². The Morgan fingerprint density at radius 2 is 2.12 bits per heavy atom. The summed E-state index contributed by atoms with van der Waals surface area (Å²) in [6.07, 6.45) is 0. The molecule has 0 atom stereocenters. The molecule has 0 aliphatic carbocycles. The fourth-order valence-electron chi connectivity index (χ4n) is 1.60. The molecule has 90 valence electrons. The zero-order chi connectivity index (χ0) is 12.3. The quantitative estimate of drug-likeness (QED) is 0.835. The maximum atomic E-state index is 11.1. The van der Waals surface area contributed by atoms with Crippen LogP contribution >= 0.6 is 0 Å². The van der Waals surface area contributed by atoms with Gasteiger partial charge >= 0.3 is 5.97 Å². The molecular weight excluding hydrogens is 206 g/mol. The Hall–Kier alpha value is -1.29. The van der Waals surface area contributed by atoms with Crippen LogP contribution in [-0.4, -0.2) is 28.1 Å². The predicted octanol–water partition coefficient (Wildman–Crippen LogP) is 2.27. The van der Waals surface area contributed by atoms with Gasteiger partial charge in [0, 0.05) is 0 Å². The molecule has 0 saturated carbocycles. The standard InChI is InChI=1S/C12H19NO3/c1-5-13(12(3,4)11(14)15)8-10-7-6-9(2)16-10/h6-7H,5,8H2,1-4H3,(H,14,15). The molecule has 0 amide bonds. The van der Waals surface area contributed by atoms with Crippen LogP contribution in [0.15, 0.2) is 16.5 Å². The monoisotopic (exact) mass is 225 g/mol. The average Bonchev–Trinajstić information content (AvgIpc) is 2.60. The number of hydrogen-bond donors (Lipinski definition) is 1. The van der Waals surface area contributed by atoms with E-state index in [-0.39, 0.29) is 0 Å². The molecule has 1 aromatic heterocycles. The molecule has 0 aliphatic rings. The highest BCUT2D eigenvalue weighted by atomic mass is 16.4. The highest BCUT2D eigenvalue weighted by molar-refractivity contribution is 5.77. The van der Waals surface area contributed by atoms with Gasteiger partial charge < -0.3 is 9.52 Å². The third-order valence-electron chi connectivity index (χ3n) is 2.84. The van der Waals surface area contributed by atoms with Crippen molar-refractivity contribution in [3.05, 3.63) is 23.7 Å². The summed E-state index contributed by atoms with van der Waals surface area (Å²) in [5, 5.41) is 9.15. The number of carbonyl (C=O) groups is 1. The first kappa shape index (κ1) is 12.8. The zero-order valence-electron chi connectivity index (χ0n) is 10.3. The van der Waals surface area contributed by atoms with Gasteiger partial charge in [0.05, 0.1) is 6.54 Å². The molecule has 1 aromatic rings. The SMILES string of the molecule is CCN(Cc1ccc(C)o1)C(C)(C)C(=O)O. The number of furan rings is 1. The molecule has 1 rings (SSSR count). The van der Waals surface area contributed by atoms with Crippen molar-refractivity contribution in [1.29, 1.82) is 0 Å². The summed E-state index contributed by atoms with van der Waals surface area (Å²) in [5.41, 5.74) is -0.880. The minimum Gasteiger partial charge on any atom is -0.480 e. The van der Waals surface area contributed by atoms with E-state index in [1.54, 1.807) is 13.8 Å².